The van der Waals surface area contributed by atoms with Crippen LogP contribution >= 0.6 is 0 Å². The van der Waals surface area contributed by atoms with E-state index in [9.17, 15) is 9.59 Å². The summed E-state index contributed by atoms with van der Waals surface area (Å²) in [5.41, 5.74) is 5.88. The van der Waals surface area contributed by atoms with Crippen LogP contribution in [-0.4, -0.2) is 11.6 Å². The number of Topliss-reactive ketones (excluding diaryl/α,β-unsaturated/α-hetero) is 2. The van der Waals surface area contributed by atoms with Gasteiger partial charge in [0.25, 0.3) is 0 Å². The maximum atomic E-state index is 14.1. The van der Waals surface area contributed by atoms with E-state index in [1.165, 1.54) is 0 Å². The molecular formula is C34H26O4. The zero-order chi connectivity index (χ0) is 26.4. The molecule has 4 heteroatoms. The molecule has 4 aromatic rings. The molecular weight excluding hydrogens is 472 g/mol. The SMILES string of the molecule is CCc1ccc2c(c1)C(Oc1ccc(C)cc1)=C1C(=O)c3ccccc3C(Oc3ccc(C)cc3)=C1C2=O. The molecule has 0 saturated carbocycles. The van der Waals surface area contributed by atoms with Gasteiger partial charge in [-0.05, 0) is 56.2 Å². The first-order valence-corrected chi connectivity index (χ1v) is 12.7. The van der Waals surface area contributed by atoms with Gasteiger partial charge in [0.05, 0.1) is 11.1 Å². The molecule has 0 bridgehead atoms. The van der Waals surface area contributed by atoms with Crippen molar-refractivity contribution in [2.24, 2.45) is 0 Å². The fourth-order valence-electron chi connectivity index (χ4n) is 4.94. The van der Waals surface area contributed by atoms with Crippen molar-refractivity contribution in [1.82, 2.24) is 0 Å². The number of rotatable bonds is 5. The predicted octanol–water partition coefficient (Wildman–Crippen LogP) is 7.54. The molecule has 0 aromatic heterocycles. The highest BCUT2D eigenvalue weighted by atomic mass is 16.5. The normalized spacial score (nSPS) is 14.2. The third kappa shape index (κ3) is 3.95. The van der Waals surface area contributed by atoms with Gasteiger partial charge in [0, 0.05) is 22.3 Å². The Kier molecular flexibility index (Phi) is 5.80. The topological polar surface area (TPSA) is 52.6 Å². The third-order valence-electron chi connectivity index (χ3n) is 7.04. The lowest BCUT2D eigenvalue weighted by Gasteiger charge is -2.30. The molecule has 4 aromatic carbocycles. The van der Waals surface area contributed by atoms with E-state index in [-0.39, 0.29) is 22.7 Å². The number of ketones is 2. The van der Waals surface area contributed by atoms with Gasteiger partial charge in [-0.25, -0.2) is 0 Å². The number of aryl methyl sites for hydroxylation is 3. The quantitative estimate of drug-likeness (QED) is 0.285. The number of benzene rings is 4. The van der Waals surface area contributed by atoms with Gasteiger partial charge in [-0.15, -0.1) is 0 Å². The highest BCUT2D eigenvalue weighted by molar-refractivity contribution is 6.34. The molecule has 2 aliphatic carbocycles. The van der Waals surface area contributed by atoms with Crippen molar-refractivity contribution in [1.29, 1.82) is 0 Å². The fraction of sp³-hybridized carbons (Fsp3) is 0.118. The molecule has 0 radical (unpaired) electrons. The first-order chi connectivity index (χ1) is 18.4. The summed E-state index contributed by atoms with van der Waals surface area (Å²) in [5, 5.41) is 0. The number of hydrogen-bond acceptors (Lipinski definition) is 4. The Labute approximate surface area is 221 Å². The van der Waals surface area contributed by atoms with Crippen LogP contribution in [0.25, 0.3) is 11.5 Å². The molecule has 0 heterocycles. The van der Waals surface area contributed by atoms with Crippen molar-refractivity contribution in [3.63, 3.8) is 0 Å². The summed E-state index contributed by atoms with van der Waals surface area (Å²) in [5.74, 6) is 1.40. The van der Waals surface area contributed by atoms with Gasteiger partial charge >= 0.3 is 0 Å². The van der Waals surface area contributed by atoms with Gasteiger partial charge in [0.15, 0.2) is 11.6 Å². The molecule has 0 N–H and O–H groups in total. The van der Waals surface area contributed by atoms with Crippen LogP contribution in [0.4, 0.5) is 0 Å². The molecule has 0 saturated heterocycles. The first-order valence-electron chi connectivity index (χ1n) is 12.7. The minimum atomic E-state index is -0.255. The van der Waals surface area contributed by atoms with Crippen LogP contribution in [0.1, 0.15) is 55.5 Å². The minimum absolute atomic E-state index is 0.230. The van der Waals surface area contributed by atoms with E-state index in [2.05, 4.69) is 6.92 Å². The van der Waals surface area contributed by atoms with Crippen molar-refractivity contribution in [2.45, 2.75) is 27.2 Å². The van der Waals surface area contributed by atoms with Gasteiger partial charge in [0.2, 0.25) is 0 Å². The average molecular weight is 499 g/mol. The summed E-state index contributed by atoms with van der Waals surface area (Å²) in [7, 11) is 0. The standard InChI is InChI=1S/C34H26O4/c1-4-22-13-18-26-28(19-22)34(38-24-16-11-21(3)12-17-24)30-29(32(26)36)33(37-23-14-9-20(2)10-15-23)27-8-6-5-7-25(27)31(30)35/h5-19H,4H2,1-3H3. The highest BCUT2D eigenvalue weighted by Crippen LogP contribution is 2.45. The summed E-state index contributed by atoms with van der Waals surface area (Å²) in [6.07, 6.45) is 0.788. The predicted molar refractivity (Wildman–Crippen MR) is 148 cm³/mol. The van der Waals surface area contributed by atoms with Gasteiger partial charge in [-0.2, -0.15) is 0 Å². The van der Waals surface area contributed by atoms with Gasteiger partial charge in [-0.1, -0.05) is 78.7 Å². The van der Waals surface area contributed by atoms with Crippen LogP contribution in [0.15, 0.2) is 102 Å². The summed E-state index contributed by atoms with van der Waals surface area (Å²) >= 11 is 0. The number of allylic oxidation sites excluding steroid dienone is 2. The summed E-state index contributed by atoms with van der Waals surface area (Å²) < 4.78 is 12.9. The largest absolute Gasteiger partial charge is 0.456 e. The molecule has 0 unspecified atom stereocenters. The summed E-state index contributed by atoms with van der Waals surface area (Å²) in [6.45, 7) is 6.06. The highest BCUT2D eigenvalue weighted by Gasteiger charge is 2.42. The fourth-order valence-corrected chi connectivity index (χ4v) is 4.94. The summed E-state index contributed by atoms with van der Waals surface area (Å²) in [6, 6.07) is 28.3. The monoisotopic (exact) mass is 498 g/mol. The van der Waals surface area contributed by atoms with E-state index in [0.29, 0.717) is 45.3 Å². The molecule has 4 nitrogen and oxygen atoms in total. The van der Waals surface area contributed by atoms with Crippen LogP contribution in [0.2, 0.25) is 0 Å². The summed E-state index contributed by atoms with van der Waals surface area (Å²) in [4.78, 5) is 28.2. The van der Waals surface area contributed by atoms with E-state index in [1.54, 1.807) is 6.07 Å². The Hall–Kier alpha value is -4.70. The molecule has 6 rings (SSSR count). The second-order valence-corrected chi connectivity index (χ2v) is 9.68. The molecule has 186 valence electrons. The molecule has 0 amide bonds. The Morgan fingerprint density at radius 2 is 1.03 bits per heavy atom. The third-order valence-corrected chi connectivity index (χ3v) is 7.04. The van der Waals surface area contributed by atoms with Crippen LogP contribution < -0.4 is 9.47 Å². The average Bonchev–Trinajstić information content (AvgIpc) is 2.94. The smallest absolute Gasteiger partial charge is 0.198 e. The number of hydrogen-bond donors (Lipinski definition) is 0. The maximum Gasteiger partial charge on any atom is 0.198 e. The second kappa shape index (κ2) is 9.31. The van der Waals surface area contributed by atoms with Crippen molar-refractivity contribution in [3.05, 3.63) is 141 Å². The molecule has 38 heavy (non-hydrogen) atoms. The van der Waals surface area contributed by atoms with E-state index >= 15 is 0 Å². The molecule has 0 spiro atoms. The van der Waals surface area contributed by atoms with Crippen molar-refractivity contribution < 1.29 is 19.1 Å². The van der Waals surface area contributed by atoms with Crippen molar-refractivity contribution in [3.8, 4) is 11.5 Å². The lowest BCUT2D eigenvalue weighted by molar-refractivity contribution is 0.0989. The minimum Gasteiger partial charge on any atom is -0.456 e. The Morgan fingerprint density at radius 1 is 0.553 bits per heavy atom. The first kappa shape index (κ1) is 23.7. The Balaban J connectivity index is 1.65. The zero-order valence-corrected chi connectivity index (χ0v) is 21.5. The molecule has 2 aliphatic rings. The Morgan fingerprint density at radius 3 is 1.55 bits per heavy atom. The van der Waals surface area contributed by atoms with Gasteiger partial charge in [0.1, 0.15) is 23.0 Å². The lowest BCUT2D eigenvalue weighted by atomic mass is 9.76. The van der Waals surface area contributed by atoms with Crippen LogP contribution in [0, 0.1) is 13.8 Å². The van der Waals surface area contributed by atoms with E-state index in [4.69, 9.17) is 9.47 Å². The number of carbonyl (C=O) groups excluding carboxylic acids is 2. The van der Waals surface area contributed by atoms with Gasteiger partial charge in [-0.3, -0.25) is 9.59 Å². The molecule has 0 fully saturated rings. The molecule has 0 aliphatic heterocycles. The van der Waals surface area contributed by atoms with Crippen molar-refractivity contribution in [2.75, 3.05) is 0 Å². The van der Waals surface area contributed by atoms with Crippen LogP contribution in [-0.2, 0) is 6.42 Å². The van der Waals surface area contributed by atoms with Gasteiger partial charge < -0.3 is 9.47 Å². The lowest BCUT2D eigenvalue weighted by Crippen LogP contribution is -2.29. The van der Waals surface area contributed by atoms with Crippen LogP contribution in [0.3, 0.4) is 0 Å². The maximum absolute atomic E-state index is 14.1. The van der Waals surface area contributed by atoms with E-state index < -0.39 is 0 Å². The number of carbonyl (C=O) groups is 2. The zero-order valence-electron chi connectivity index (χ0n) is 21.5. The number of ether oxygens (including phenoxy) is 2. The van der Waals surface area contributed by atoms with Crippen molar-refractivity contribution >= 4 is 23.1 Å². The van der Waals surface area contributed by atoms with E-state index in [0.717, 1.165) is 23.1 Å². The molecule has 0 atom stereocenters. The number of fused-ring (bicyclic) bond motifs is 3. The van der Waals surface area contributed by atoms with E-state index in [1.807, 2.05) is 98.8 Å². The Bertz CT molecular complexity index is 1670. The van der Waals surface area contributed by atoms with Crippen LogP contribution in [0.5, 0.6) is 11.5 Å². The second-order valence-electron chi connectivity index (χ2n) is 9.68.